The van der Waals surface area contributed by atoms with Crippen LogP contribution in [0.2, 0.25) is 0 Å². The number of rotatable bonds is 7. The van der Waals surface area contributed by atoms with Gasteiger partial charge in [0.1, 0.15) is 6.04 Å². The molecule has 0 aromatic heterocycles. The molecule has 2 atom stereocenters. The van der Waals surface area contributed by atoms with Crippen molar-refractivity contribution in [3.63, 3.8) is 0 Å². The van der Waals surface area contributed by atoms with Crippen LogP contribution in [0, 0.1) is 0 Å². The topological polar surface area (TPSA) is 78.4 Å². The quantitative estimate of drug-likeness (QED) is 0.723. The van der Waals surface area contributed by atoms with Crippen LogP contribution >= 0.6 is 0 Å². The SMILES string of the molecule is CC(C(=O)N[C@@H](CO)C(=O)NCc1ccccc1)c1ccccc1. The van der Waals surface area contributed by atoms with E-state index in [4.69, 9.17) is 0 Å². The first-order valence-electron chi connectivity index (χ1n) is 7.89. The number of amides is 2. The molecule has 2 aromatic rings. The summed E-state index contributed by atoms with van der Waals surface area (Å²) in [7, 11) is 0. The summed E-state index contributed by atoms with van der Waals surface area (Å²) in [4.78, 5) is 24.4. The van der Waals surface area contributed by atoms with Gasteiger partial charge in [0, 0.05) is 6.54 Å². The maximum absolute atomic E-state index is 12.3. The molecule has 0 aliphatic heterocycles. The van der Waals surface area contributed by atoms with E-state index in [0.717, 1.165) is 11.1 Å². The Labute approximate surface area is 141 Å². The maximum Gasteiger partial charge on any atom is 0.245 e. The first-order valence-corrected chi connectivity index (χ1v) is 7.89. The summed E-state index contributed by atoms with van der Waals surface area (Å²) in [6, 6.07) is 17.8. The lowest BCUT2D eigenvalue weighted by Crippen LogP contribution is -2.49. The molecule has 5 nitrogen and oxygen atoms in total. The number of benzene rings is 2. The van der Waals surface area contributed by atoms with E-state index in [0.29, 0.717) is 6.54 Å². The summed E-state index contributed by atoms with van der Waals surface area (Å²) < 4.78 is 0. The van der Waals surface area contributed by atoms with E-state index in [-0.39, 0.29) is 5.91 Å². The van der Waals surface area contributed by atoms with Gasteiger partial charge in [0.05, 0.1) is 12.5 Å². The summed E-state index contributed by atoms with van der Waals surface area (Å²) >= 11 is 0. The molecule has 0 spiro atoms. The number of aliphatic hydroxyl groups is 1. The fourth-order valence-corrected chi connectivity index (χ4v) is 2.29. The lowest BCUT2D eigenvalue weighted by Gasteiger charge is -2.19. The summed E-state index contributed by atoms with van der Waals surface area (Å²) in [5, 5.41) is 14.7. The minimum atomic E-state index is -0.965. The Kier molecular flexibility index (Phi) is 6.51. The standard InChI is InChI=1S/C19H22N2O3/c1-14(16-10-6-3-7-11-16)18(23)21-17(13-22)19(24)20-12-15-8-4-2-5-9-15/h2-11,14,17,22H,12-13H2,1H3,(H,20,24)(H,21,23)/t14?,17-/m0/s1. The molecule has 0 radical (unpaired) electrons. The van der Waals surface area contributed by atoms with E-state index in [1.807, 2.05) is 60.7 Å². The number of aliphatic hydroxyl groups excluding tert-OH is 1. The monoisotopic (exact) mass is 326 g/mol. The van der Waals surface area contributed by atoms with Crippen LogP contribution < -0.4 is 10.6 Å². The lowest BCUT2D eigenvalue weighted by atomic mass is 10.00. The molecule has 0 saturated carbocycles. The van der Waals surface area contributed by atoms with Crippen LogP contribution in [-0.2, 0) is 16.1 Å². The van der Waals surface area contributed by atoms with Crippen molar-refractivity contribution in [2.24, 2.45) is 0 Å². The van der Waals surface area contributed by atoms with E-state index in [1.54, 1.807) is 6.92 Å². The summed E-state index contributed by atoms with van der Waals surface area (Å²) in [6.45, 7) is 1.66. The summed E-state index contributed by atoms with van der Waals surface area (Å²) in [5.74, 6) is -1.10. The van der Waals surface area contributed by atoms with Gasteiger partial charge in [-0.2, -0.15) is 0 Å². The summed E-state index contributed by atoms with van der Waals surface area (Å²) in [5.41, 5.74) is 1.81. The van der Waals surface area contributed by atoms with Crippen LogP contribution in [0.4, 0.5) is 0 Å². The van der Waals surface area contributed by atoms with Crippen molar-refractivity contribution in [2.75, 3.05) is 6.61 Å². The highest BCUT2D eigenvalue weighted by atomic mass is 16.3. The Bertz CT molecular complexity index is 659. The van der Waals surface area contributed by atoms with Crippen molar-refractivity contribution < 1.29 is 14.7 Å². The zero-order valence-corrected chi connectivity index (χ0v) is 13.6. The van der Waals surface area contributed by atoms with Gasteiger partial charge in [-0.3, -0.25) is 9.59 Å². The molecule has 0 aliphatic carbocycles. The third-order valence-electron chi connectivity index (χ3n) is 3.82. The average molecular weight is 326 g/mol. The highest BCUT2D eigenvalue weighted by Gasteiger charge is 2.23. The number of hydrogen-bond acceptors (Lipinski definition) is 3. The molecule has 0 fully saturated rings. The van der Waals surface area contributed by atoms with Gasteiger partial charge in [0.15, 0.2) is 0 Å². The van der Waals surface area contributed by atoms with Crippen LogP contribution in [0.5, 0.6) is 0 Å². The number of carbonyl (C=O) groups excluding carboxylic acids is 2. The van der Waals surface area contributed by atoms with Gasteiger partial charge >= 0.3 is 0 Å². The van der Waals surface area contributed by atoms with Crippen LogP contribution in [0.15, 0.2) is 60.7 Å². The first kappa shape index (κ1) is 17.7. The largest absolute Gasteiger partial charge is 0.394 e. The van der Waals surface area contributed by atoms with Crippen molar-refractivity contribution in [3.8, 4) is 0 Å². The van der Waals surface area contributed by atoms with Gasteiger partial charge in [-0.1, -0.05) is 60.7 Å². The molecular formula is C19H22N2O3. The molecule has 2 aromatic carbocycles. The Morgan fingerprint density at radius 3 is 2.12 bits per heavy atom. The Morgan fingerprint density at radius 1 is 0.958 bits per heavy atom. The molecule has 2 amide bonds. The second-order valence-electron chi connectivity index (χ2n) is 5.58. The van der Waals surface area contributed by atoms with Crippen molar-refractivity contribution in [1.82, 2.24) is 10.6 Å². The van der Waals surface area contributed by atoms with Gasteiger partial charge in [-0.05, 0) is 18.1 Å². The number of nitrogens with one attached hydrogen (secondary N) is 2. The average Bonchev–Trinajstić information content (AvgIpc) is 2.64. The second kappa shape index (κ2) is 8.84. The molecule has 1 unspecified atom stereocenters. The molecule has 0 saturated heterocycles. The molecule has 3 N–H and O–H groups in total. The van der Waals surface area contributed by atoms with Crippen molar-refractivity contribution in [3.05, 3.63) is 71.8 Å². The van der Waals surface area contributed by atoms with Crippen LogP contribution in [0.25, 0.3) is 0 Å². The Morgan fingerprint density at radius 2 is 1.54 bits per heavy atom. The fraction of sp³-hybridized carbons (Fsp3) is 0.263. The molecule has 0 aliphatic rings. The normalized spacial score (nSPS) is 12.9. The Hall–Kier alpha value is -2.66. The highest BCUT2D eigenvalue weighted by molar-refractivity contribution is 5.90. The zero-order chi connectivity index (χ0) is 17.4. The van der Waals surface area contributed by atoms with E-state index in [2.05, 4.69) is 10.6 Å². The van der Waals surface area contributed by atoms with Gasteiger partial charge < -0.3 is 15.7 Å². The van der Waals surface area contributed by atoms with Gasteiger partial charge in [-0.15, -0.1) is 0 Å². The predicted molar refractivity (Wildman–Crippen MR) is 92.2 cm³/mol. The molecule has 0 heterocycles. The molecule has 5 heteroatoms. The molecule has 0 bridgehead atoms. The predicted octanol–water partition coefficient (Wildman–Crippen LogP) is 1.58. The molecule has 24 heavy (non-hydrogen) atoms. The van der Waals surface area contributed by atoms with Crippen LogP contribution in [0.3, 0.4) is 0 Å². The van der Waals surface area contributed by atoms with Crippen molar-refractivity contribution in [1.29, 1.82) is 0 Å². The summed E-state index contributed by atoms with van der Waals surface area (Å²) in [6.07, 6.45) is 0. The van der Waals surface area contributed by atoms with Gasteiger partial charge in [0.25, 0.3) is 0 Å². The minimum Gasteiger partial charge on any atom is -0.394 e. The third-order valence-corrected chi connectivity index (χ3v) is 3.82. The minimum absolute atomic E-state index is 0.296. The van der Waals surface area contributed by atoms with Crippen LogP contribution in [0.1, 0.15) is 24.0 Å². The molecule has 2 rings (SSSR count). The molecule has 126 valence electrons. The second-order valence-corrected chi connectivity index (χ2v) is 5.58. The van der Waals surface area contributed by atoms with E-state index in [1.165, 1.54) is 0 Å². The molecular weight excluding hydrogens is 304 g/mol. The fourth-order valence-electron chi connectivity index (χ4n) is 2.29. The van der Waals surface area contributed by atoms with E-state index >= 15 is 0 Å². The maximum atomic E-state index is 12.3. The lowest BCUT2D eigenvalue weighted by molar-refractivity contribution is -0.130. The third kappa shape index (κ3) is 4.93. The van der Waals surface area contributed by atoms with Gasteiger partial charge in [0.2, 0.25) is 11.8 Å². The van der Waals surface area contributed by atoms with Crippen molar-refractivity contribution >= 4 is 11.8 Å². The van der Waals surface area contributed by atoms with E-state index < -0.39 is 24.5 Å². The van der Waals surface area contributed by atoms with Crippen LogP contribution in [-0.4, -0.2) is 29.6 Å². The Balaban J connectivity index is 1.90. The number of carbonyl (C=O) groups is 2. The first-order chi connectivity index (χ1) is 11.6. The number of hydrogen-bond donors (Lipinski definition) is 3. The smallest absolute Gasteiger partial charge is 0.245 e. The van der Waals surface area contributed by atoms with Crippen molar-refractivity contribution in [2.45, 2.75) is 25.4 Å². The zero-order valence-electron chi connectivity index (χ0n) is 13.6. The van der Waals surface area contributed by atoms with Gasteiger partial charge in [-0.25, -0.2) is 0 Å². The highest BCUT2D eigenvalue weighted by Crippen LogP contribution is 2.14. The van der Waals surface area contributed by atoms with E-state index in [9.17, 15) is 14.7 Å².